The fourth-order valence-corrected chi connectivity index (χ4v) is 4.61. The molecule has 172 valence electrons. The zero-order valence-electron chi connectivity index (χ0n) is 19.8. The highest BCUT2D eigenvalue weighted by Gasteiger charge is 2.24. The summed E-state index contributed by atoms with van der Waals surface area (Å²) in [7, 11) is 6.00. The third-order valence-corrected chi connectivity index (χ3v) is 6.63. The van der Waals surface area contributed by atoms with E-state index in [0.717, 1.165) is 48.1 Å². The van der Waals surface area contributed by atoms with Crippen molar-refractivity contribution in [3.63, 3.8) is 0 Å². The lowest BCUT2D eigenvalue weighted by molar-refractivity contribution is 0.294. The Bertz CT molecular complexity index is 922. The molecule has 1 heterocycles. The van der Waals surface area contributed by atoms with Crippen molar-refractivity contribution >= 4 is 31.1 Å². The van der Waals surface area contributed by atoms with Crippen molar-refractivity contribution < 1.29 is 0 Å². The first-order valence-electron chi connectivity index (χ1n) is 11.6. The van der Waals surface area contributed by atoms with Gasteiger partial charge in [0.15, 0.2) is 0 Å². The van der Waals surface area contributed by atoms with Gasteiger partial charge in [-0.05, 0) is 37.7 Å². The van der Waals surface area contributed by atoms with Crippen LogP contribution in [0, 0.1) is 5.92 Å². The molecule has 6 heteroatoms. The van der Waals surface area contributed by atoms with Crippen LogP contribution < -0.4 is 5.43 Å². The van der Waals surface area contributed by atoms with E-state index in [9.17, 15) is 0 Å². The number of allylic oxidation sites excluding steroid dienone is 6. The fraction of sp³-hybridized carbons (Fsp3) is 0.370. The van der Waals surface area contributed by atoms with Gasteiger partial charge in [-0.2, -0.15) is 11.8 Å². The van der Waals surface area contributed by atoms with E-state index in [0.29, 0.717) is 12.2 Å². The average Bonchev–Trinajstić information content (AvgIpc) is 3.67. The van der Waals surface area contributed by atoms with Gasteiger partial charge in [-0.15, -0.1) is 0 Å². The predicted molar refractivity (Wildman–Crippen MR) is 146 cm³/mol. The van der Waals surface area contributed by atoms with Gasteiger partial charge in [0.2, 0.25) is 0 Å². The van der Waals surface area contributed by atoms with Gasteiger partial charge in [0, 0.05) is 54.0 Å². The number of hydrazine groups is 1. The summed E-state index contributed by atoms with van der Waals surface area (Å²) in [5, 5.41) is 1.92. The van der Waals surface area contributed by atoms with Gasteiger partial charge < -0.3 is 0 Å². The molecule has 0 atom stereocenters. The second kappa shape index (κ2) is 12.7. The number of hydrogen-bond donors (Lipinski definition) is 1. The minimum atomic E-state index is 0.317. The lowest BCUT2D eigenvalue weighted by Gasteiger charge is -2.30. The molecule has 1 saturated carbocycles. The van der Waals surface area contributed by atoms with Crippen LogP contribution >= 0.6 is 11.8 Å². The molecule has 1 aromatic carbocycles. The van der Waals surface area contributed by atoms with Crippen molar-refractivity contribution in [1.29, 1.82) is 0 Å². The summed E-state index contributed by atoms with van der Waals surface area (Å²) >= 11 is 2.04. The van der Waals surface area contributed by atoms with Crippen LogP contribution in [0.5, 0.6) is 0 Å². The van der Waals surface area contributed by atoms with Crippen LogP contribution in [-0.2, 0) is 6.54 Å². The summed E-state index contributed by atoms with van der Waals surface area (Å²) in [5.74, 6) is 3.72. The van der Waals surface area contributed by atoms with Crippen LogP contribution in [-0.4, -0.2) is 48.2 Å². The lowest BCUT2D eigenvalue weighted by Crippen LogP contribution is -2.39. The number of aliphatic imine (C=N–C) groups is 1. The molecule has 0 unspecified atom stereocenters. The Kier molecular flexibility index (Phi) is 9.70. The zero-order chi connectivity index (χ0) is 23.6. The van der Waals surface area contributed by atoms with Crippen LogP contribution in [0.15, 0.2) is 84.7 Å². The van der Waals surface area contributed by atoms with Gasteiger partial charge in [0.05, 0.1) is 13.5 Å². The van der Waals surface area contributed by atoms with Crippen molar-refractivity contribution in [3.05, 3.63) is 90.8 Å². The van der Waals surface area contributed by atoms with Gasteiger partial charge in [0.1, 0.15) is 5.84 Å². The number of benzene rings is 1. The number of amidine groups is 1. The van der Waals surface area contributed by atoms with E-state index in [2.05, 4.69) is 59.3 Å². The Balaban J connectivity index is 1.83. The molecule has 0 aromatic heterocycles. The molecule has 2 radical (unpaired) electrons. The lowest BCUT2D eigenvalue weighted by atomic mass is 10.0. The highest BCUT2D eigenvalue weighted by Crippen LogP contribution is 2.36. The number of nitrogens with one attached hydrogen (secondary N) is 1. The molecule has 1 aliphatic heterocycles. The smallest absolute Gasteiger partial charge is 0.118 e. The Labute approximate surface area is 205 Å². The molecule has 2 fully saturated rings. The van der Waals surface area contributed by atoms with E-state index < -0.39 is 0 Å². The molecule has 0 spiro atoms. The van der Waals surface area contributed by atoms with Crippen LogP contribution in [0.1, 0.15) is 30.9 Å². The third kappa shape index (κ3) is 7.83. The van der Waals surface area contributed by atoms with Crippen molar-refractivity contribution in [2.24, 2.45) is 10.9 Å². The molecular weight excluding hydrogens is 423 g/mol. The van der Waals surface area contributed by atoms with Crippen molar-refractivity contribution in [3.8, 4) is 0 Å². The SMILES string of the molecule is [B]CC(=C)N(NC(C)=NC(=C)C1CC1)/C(=C\C=C/C=C)c1ccc(CN2CCSCC2)cc1. The number of thioether (sulfide) groups is 1. The molecule has 1 N–H and O–H groups in total. The molecule has 2 aliphatic rings. The maximum Gasteiger partial charge on any atom is 0.118 e. The monoisotopic (exact) mass is 458 g/mol. The molecule has 4 nitrogen and oxygen atoms in total. The topological polar surface area (TPSA) is 30.9 Å². The molecular formula is C27H35BN4S. The van der Waals surface area contributed by atoms with E-state index in [-0.39, 0.29) is 0 Å². The van der Waals surface area contributed by atoms with Crippen molar-refractivity contribution in [1.82, 2.24) is 15.3 Å². The summed E-state index contributed by atoms with van der Waals surface area (Å²) in [6.45, 7) is 17.3. The summed E-state index contributed by atoms with van der Waals surface area (Å²) in [4.78, 5) is 7.19. The normalized spacial score (nSPS) is 17.7. The van der Waals surface area contributed by atoms with Crippen LogP contribution in [0.25, 0.3) is 5.70 Å². The zero-order valence-corrected chi connectivity index (χ0v) is 20.6. The Morgan fingerprint density at radius 2 is 1.91 bits per heavy atom. The second-order valence-corrected chi connectivity index (χ2v) is 9.66. The average molecular weight is 458 g/mol. The summed E-state index contributed by atoms with van der Waals surface area (Å²) in [5.41, 5.74) is 8.39. The quantitative estimate of drug-likeness (QED) is 0.155. The summed E-state index contributed by atoms with van der Waals surface area (Å²) in [6, 6.07) is 8.74. The first-order chi connectivity index (χ1) is 16.0. The number of nitrogens with zero attached hydrogens (tertiary/aromatic N) is 3. The first-order valence-corrected chi connectivity index (χ1v) is 12.7. The Hall–Kier alpha value is -2.44. The maximum atomic E-state index is 6.00. The van der Waals surface area contributed by atoms with E-state index >= 15 is 0 Å². The molecule has 33 heavy (non-hydrogen) atoms. The third-order valence-electron chi connectivity index (χ3n) is 5.69. The first kappa shape index (κ1) is 25.2. The standard InChI is InChI=1S/C27H35BN4S/c1-5-6-7-8-27(26-11-9-24(10-12-26)20-31-15-17-33-18-16-31)32(21(2)19-28)30-23(4)29-22(3)25-13-14-25/h5-12,25H,1-3,13-20H2,4H3,(H,29,30)/b7-6-,27-8-. The van der Waals surface area contributed by atoms with Gasteiger partial charge in [-0.25, -0.2) is 4.99 Å². The molecule has 0 amide bonds. The van der Waals surface area contributed by atoms with E-state index in [1.54, 1.807) is 6.08 Å². The second-order valence-electron chi connectivity index (χ2n) is 8.44. The minimum Gasteiger partial charge on any atom is -0.297 e. The van der Waals surface area contributed by atoms with E-state index in [1.165, 1.54) is 29.9 Å². The predicted octanol–water partition coefficient (Wildman–Crippen LogP) is 5.57. The minimum absolute atomic E-state index is 0.317. The summed E-state index contributed by atoms with van der Waals surface area (Å²) in [6.07, 6.45) is 10.3. The maximum absolute atomic E-state index is 6.00. The Morgan fingerprint density at radius 1 is 1.21 bits per heavy atom. The molecule has 0 bridgehead atoms. The molecule has 1 saturated heterocycles. The molecule has 1 aromatic rings. The number of rotatable bonds is 11. The largest absolute Gasteiger partial charge is 0.297 e. The van der Waals surface area contributed by atoms with Crippen LogP contribution in [0.2, 0.25) is 6.32 Å². The van der Waals surface area contributed by atoms with Crippen LogP contribution in [0.3, 0.4) is 0 Å². The van der Waals surface area contributed by atoms with Gasteiger partial charge in [-0.3, -0.25) is 15.3 Å². The summed E-state index contributed by atoms with van der Waals surface area (Å²) < 4.78 is 0. The molecule has 1 aliphatic carbocycles. The van der Waals surface area contributed by atoms with Gasteiger partial charge >= 0.3 is 0 Å². The highest BCUT2D eigenvalue weighted by atomic mass is 32.2. The Morgan fingerprint density at radius 3 is 2.52 bits per heavy atom. The van der Waals surface area contributed by atoms with Gasteiger partial charge in [-0.1, -0.05) is 62.2 Å². The van der Waals surface area contributed by atoms with Crippen LogP contribution in [0.4, 0.5) is 0 Å². The fourth-order valence-electron chi connectivity index (χ4n) is 3.63. The van der Waals surface area contributed by atoms with Crippen molar-refractivity contribution in [2.45, 2.75) is 32.6 Å². The van der Waals surface area contributed by atoms with Crippen molar-refractivity contribution in [2.75, 3.05) is 24.6 Å². The van der Waals surface area contributed by atoms with Gasteiger partial charge in [0.25, 0.3) is 0 Å². The molecule has 3 rings (SSSR count). The highest BCUT2D eigenvalue weighted by molar-refractivity contribution is 7.99. The number of hydrogen-bond acceptors (Lipinski definition) is 4. The van der Waals surface area contributed by atoms with E-state index in [4.69, 9.17) is 7.85 Å². The van der Waals surface area contributed by atoms with E-state index in [1.807, 2.05) is 41.9 Å².